The van der Waals surface area contributed by atoms with E-state index in [1.54, 1.807) is 29.6 Å². The van der Waals surface area contributed by atoms with Gasteiger partial charge in [-0.2, -0.15) is 4.31 Å². The number of rotatable bonds is 6. The lowest BCUT2D eigenvalue weighted by molar-refractivity contribution is -0.903. The van der Waals surface area contributed by atoms with Crippen LogP contribution in [0.1, 0.15) is 5.56 Å². The molecule has 0 spiro atoms. The van der Waals surface area contributed by atoms with Crippen molar-refractivity contribution in [2.75, 3.05) is 39.8 Å². The number of halogens is 1. The van der Waals surface area contributed by atoms with Gasteiger partial charge in [0.05, 0.1) is 44.7 Å². The number of nitrogens with one attached hydrogen (secondary N) is 1. The summed E-state index contributed by atoms with van der Waals surface area (Å²) in [4.78, 5) is 1.70. The van der Waals surface area contributed by atoms with Crippen molar-refractivity contribution in [3.05, 3.63) is 59.1 Å². The molecule has 1 aliphatic heterocycles. The van der Waals surface area contributed by atoms with Crippen molar-refractivity contribution in [1.82, 2.24) is 4.31 Å². The molecule has 3 rings (SSSR count). The number of hydrogen-bond acceptors (Lipinski definition) is 3. The number of quaternary nitrogens is 1. The van der Waals surface area contributed by atoms with Gasteiger partial charge in [0, 0.05) is 11.4 Å². The van der Waals surface area contributed by atoms with Crippen LogP contribution in [0.5, 0.6) is 5.75 Å². The molecule has 2 aromatic rings. The molecule has 2 aromatic carbocycles. The Kier molecular flexibility index (Phi) is 6.19. The van der Waals surface area contributed by atoms with Crippen LogP contribution in [0.15, 0.2) is 53.4 Å². The van der Waals surface area contributed by atoms with Gasteiger partial charge in [-0.05, 0) is 35.9 Å². The maximum Gasteiger partial charge on any atom is 0.243 e. The number of hydrogen-bond donors (Lipinski definition) is 1. The third kappa shape index (κ3) is 4.57. The van der Waals surface area contributed by atoms with E-state index in [-0.39, 0.29) is 4.90 Å². The smallest absolute Gasteiger partial charge is 0.243 e. The van der Waals surface area contributed by atoms with Crippen LogP contribution in [-0.4, -0.2) is 52.6 Å². The topological polar surface area (TPSA) is 51.1 Å². The minimum Gasteiger partial charge on any atom is -0.497 e. The van der Waals surface area contributed by atoms with Crippen LogP contribution in [0.4, 0.5) is 0 Å². The van der Waals surface area contributed by atoms with E-state index >= 15 is 0 Å². The summed E-state index contributed by atoms with van der Waals surface area (Å²) in [6, 6.07) is 14.6. The fourth-order valence-corrected chi connectivity index (χ4v) is 4.93. The third-order valence-electron chi connectivity index (χ3n) is 4.79. The molecule has 0 radical (unpaired) electrons. The molecule has 0 saturated carbocycles. The summed E-state index contributed by atoms with van der Waals surface area (Å²) in [7, 11) is -1.80. The molecule has 0 unspecified atom stereocenters. The molecule has 0 aliphatic carbocycles. The second-order valence-corrected chi connectivity index (χ2v) is 8.83. The molecule has 1 N–H and O–H groups in total. The molecule has 1 aliphatic rings. The average molecular weight is 396 g/mol. The lowest BCUT2D eigenvalue weighted by Crippen LogP contribution is -3.15. The van der Waals surface area contributed by atoms with Gasteiger partial charge in [0.2, 0.25) is 10.0 Å². The Morgan fingerprint density at radius 3 is 2.42 bits per heavy atom. The fraction of sp³-hybridized carbons (Fsp3) is 0.368. The molecule has 0 bridgehead atoms. The lowest BCUT2D eigenvalue weighted by atomic mass is 10.1. The number of ether oxygens (including phenoxy) is 1. The van der Waals surface area contributed by atoms with Gasteiger partial charge in [-0.1, -0.05) is 29.8 Å². The quantitative estimate of drug-likeness (QED) is 0.806. The van der Waals surface area contributed by atoms with Crippen LogP contribution in [0.3, 0.4) is 0 Å². The molecule has 1 heterocycles. The van der Waals surface area contributed by atoms with E-state index in [0.717, 1.165) is 31.8 Å². The van der Waals surface area contributed by atoms with E-state index in [1.165, 1.54) is 16.5 Å². The van der Waals surface area contributed by atoms with Gasteiger partial charge >= 0.3 is 0 Å². The molecule has 0 atom stereocenters. The van der Waals surface area contributed by atoms with Gasteiger partial charge < -0.3 is 9.64 Å². The summed E-state index contributed by atoms with van der Waals surface area (Å²) in [5.41, 5.74) is 1.27. The van der Waals surface area contributed by atoms with Crippen molar-refractivity contribution in [1.29, 1.82) is 0 Å². The molecule has 0 amide bonds. The second kappa shape index (κ2) is 8.39. The van der Waals surface area contributed by atoms with Crippen molar-refractivity contribution in [3.63, 3.8) is 0 Å². The second-order valence-electron chi connectivity index (χ2n) is 6.46. The Bertz CT molecular complexity index is 832. The van der Waals surface area contributed by atoms with Gasteiger partial charge in [-0.15, -0.1) is 0 Å². The Hall–Kier alpha value is -1.60. The summed E-state index contributed by atoms with van der Waals surface area (Å²) in [5, 5.41) is 0.440. The van der Waals surface area contributed by atoms with Gasteiger partial charge in [0.25, 0.3) is 0 Å². The normalized spacial score (nSPS) is 16.5. The predicted molar refractivity (Wildman–Crippen MR) is 102 cm³/mol. The van der Waals surface area contributed by atoms with Crippen molar-refractivity contribution in [2.45, 2.75) is 11.3 Å². The molecule has 1 saturated heterocycles. The number of piperazine rings is 1. The predicted octanol–water partition coefficient (Wildman–Crippen LogP) is 1.48. The van der Waals surface area contributed by atoms with E-state index < -0.39 is 10.0 Å². The number of sulfonamides is 1. The van der Waals surface area contributed by atoms with Crippen LogP contribution >= 0.6 is 11.6 Å². The highest BCUT2D eigenvalue weighted by Crippen LogP contribution is 2.19. The SMILES string of the molecule is COc1ccc(CC[NH+]2CCN(S(=O)(=O)c3cccc(Cl)c3)CC2)cc1. The first-order chi connectivity index (χ1) is 12.5. The molecule has 140 valence electrons. The highest BCUT2D eigenvalue weighted by atomic mass is 35.5. The largest absolute Gasteiger partial charge is 0.497 e. The summed E-state index contributed by atoms with van der Waals surface area (Å²) in [6.07, 6.45) is 0.973. The van der Waals surface area contributed by atoms with E-state index in [1.807, 2.05) is 12.1 Å². The maximum atomic E-state index is 12.7. The highest BCUT2D eigenvalue weighted by molar-refractivity contribution is 7.89. The summed E-state index contributed by atoms with van der Waals surface area (Å²) < 4.78 is 32.2. The zero-order valence-corrected chi connectivity index (χ0v) is 16.4. The van der Waals surface area contributed by atoms with Crippen LogP contribution in [-0.2, 0) is 16.4 Å². The monoisotopic (exact) mass is 395 g/mol. The fourth-order valence-electron chi connectivity index (χ4n) is 3.18. The summed E-state index contributed by atoms with van der Waals surface area (Å²) in [5.74, 6) is 0.862. The molecular formula is C19H24ClN2O3S+. The summed E-state index contributed by atoms with van der Waals surface area (Å²) >= 11 is 5.94. The first-order valence-corrected chi connectivity index (χ1v) is 10.5. The minimum absolute atomic E-state index is 0.270. The third-order valence-corrected chi connectivity index (χ3v) is 6.92. The standard InChI is InChI=1S/C19H23ClN2O3S/c1-25-18-7-5-16(6-8-18)9-10-21-11-13-22(14-12-21)26(23,24)19-4-2-3-17(20)15-19/h2-8,15H,9-14H2,1H3/p+1. The lowest BCUT2D eigenvalue weighted by Gasteiger charge is -2.31. The van der Waals surface area contributed by atoms with Gasteiger partial charge in [0.15, 0.2) is 0 Å². The zero-order valence-electron chi connectivity index (χ0n) is 14.8. The van der Waals surface area contributed by atoms with E-state index in [9.17, 15) is 8.42 Å². The molecule has 7 heteroatoms. The summed E-state index contributed by atoms with van der Waals surface area (Å²) in [6.45, 7) is 3.70. The molecule has 26 heavy (non-hydrogen) atoms. The molecular weight excluding hydrogens is 372 g/mol. The first kappa shape index (κ1) is 19.2. The van der Waals surface area contributed by atoms with Crippen molar-refractivity contribution < 1.29 is 18.1 Å². The Balaban J connectivity index is 1.53. The highest BCUT2D eigenvalue weighted by Gasteiger charge is 2.30. The molecule has 1 fully saturated rings. The Labute approximate surface area is 160 Å². The van der Waals surface area contributed by atoms with Gasteiger partial charge in [0.1, 0.15) is 5.75 Å². The number of benzene rings is 2. The van der Waals surface area contributed by atoms with E-state index in [0.29, 0.717) is 18.1 Å². The number of methoxy groups -OCH3 is 1. The van der Waals surface area contributed by atoms with Gasteiger partial charge in [-0.25, -0.2) is 8.42 Å². The number of nitrogens with zero attached hydrogens (tertiary/aromatic N) is 1. The minimum atomic E-state index is -3.46. The van der Waals surface area contributed by atoms with Crippen molar-refractivity contribution in [2.24, 2.45) is 0 Å². The van der Waals surface area contributed by atoms with E-state index in [2.05, 4.69) is 12.1 Å². The van der Waals surface area contributed by atoms with Gasteiger partial charge in [-0.3, -0.25) is 0 Å². The maximum absolute atomic E-state index is 12.7. The first-order valence-electron chi connectivity index (χ1n) is 8.71. The van der Waals surface area contributed by atoms with Crippen molar-refractivity contribution >= 4 is 21.6 Å². The van der Waals surface area contributed by atoms with Crippen LogP contribution in [0.2, 0.25) is 5.02 Å². The van der Waals surface area contributed by atoms with Crippen LogP contribution < -0.4 is 9.64 Å². The van der Waals surface area contributed by atoms with Crippen LogP contribution in [0, 0.1) is 0 Å². The Morgan fingerprint density at radius 2 is 1.81 bits per heavy atom. The zero-order chi connectivity index (χ0) is 18.6. The molecule has 5 nitrogen and oxygen atoms in total. The molecule has 0 aromatic heterocycles. The Morgan fingerprint density at radius 1 is 1.12 bits per heavy atom. The van der Waals surface area contributed by atoms with E-state index in [4.69, 9.17) is 16.3 Å². The van der Waals surface area contributed by atoms with Crippen molar-refractivity contribution in [3.8, 4) is 5.75 Å². The average Bonchev–Trinajstić information content (AvgIpc) is 2.67. The van der Waals surface area contributed by atoms with Crippen LogP contribution in [0.25, 0.3) is 0 Å².